The smallest absolute Gasteiger partial charge is 0.170 e. The molecule has 0 fully saturated rings. The van der Waals surface area contributed by atoms with E-state index in [9.17, 15) is 4.39 Å². The van der Waals surface area contributed by atoms with E-state index in [-0.39, 0.29) is 5.82 Å². The number of anilines is 2. The Balaban J connectivity index is 1.42. The zero-order chi connectivity index (χ0) is 16.8. The van der Waals surface area contributed by atoms with Crippen LogP contribution in [0.1, 0.15) is 18.4 Å². The molecule has 0 atom stereocenters. The van der Waals surface area contributed by atoms with Crippen LogP contribution in [0.25, 0.3) is 0 Å². The van der Waals surface area contributed by atoms with Crippen molar-refractivity contribution < 1.29 is 4.39 Å². The van der Waals surface area contributed by atoms with Crippen LogP contribution in [0.5, 0.6) is 0 Å². The summed E-state index contributed by atoms with van der Waals surface area (Å²) in [6, 6.07) is 14.9. The number of para-hydroxylation sites is 1. The predicted octanol–water partition coefficient (Wildman–Crippen LogP) is 3.96. The topological polar surface area (TPSA) is 27.3 Å². The van der Waals surface area contributed by atoms with Gasteiger partial charge in [0, 0.05) is 31.0 Å². The van der Waals surface area contributed by atoms with Crippen molar-refractivity contribution in [3.05, 3.63) is 59.9 Å². The van der Waals surface area contributed by atoms with Gasteiger partial charge in [0.15, 0.2) is 5.11 Å². The van der Waals surface area contributed by atoms with Crippen LogP contribution in [0.2, 0.25) is 0 Å². The number of aryl methyl sites for hydroxylation is 1. The molecule has 0 spiro atoms. The lowest BCUT2D eigenvalue weighted by Crippen LogP contribution is -2.34. The third kappa shape index (κ3) is 4.45. The SMILES string of the molecule is Fc1cccc(NC(=S)NCCCN2CCCc3ccccc32)c1. The molecule has 0 aromatic heterocycles. The van der Waals surface area contributed by atoms with E-state index < -0.39 is 0 Å². The first kappa shape index (κ1) is 16.7. The summed E-state index contributed by atoms with van der Waals surface area (Å²) >= 11 is 5.25. The normalized spacial score (nSPS) is 13.3. The molecule has 0 unspecified atom stereocenters. The van der Waals surface area contributed by atoms with Crippen LogP contribution < -0.4 is 15.5 Å². The lowest BCUT2D eigenvalue weighted by molar-refractivity contribution is 0.628. The van der Waals surface area contributed by atoms with Crippen LogP contribution in [-0.2, 0) is 6.42 Å². The second-order valence-electron chi connectivity index (χ2n) is 5.96. The van der Waals surface area contributed by atoms with E-state index in [1.807, 2.05) is 0 Å². The monoisotopic (exact) mass is 343 g/mol. The Labute approximate surface area is 147 Å². The van der Waals surface area contributed by atoms with Crippen molar-refractivity contribution in [2.24, 2.45) is 0 Å². The summed E-state index contributed by atoms with van der Waals surface area (Å²) in [6.45, 7) is 2.91. The van der Waals surface area contributed by atoms with Crippen molar-refractivity contribution in [1.82, 2.24) is 5.32 Å². The second kappa shape index (κ2) is 8.11. The van der Waals surface area contributed by atoms with E-state index in [4.69, 9.17) is 12.2 Å². The Kier molecular flexibility index (Phi) is 5.64. The lowest BCUT2D eigenvalue weighted by Gasteiger charge is -2.31. The minimum absolute atomic E-state index is 0.272. The summed E-state index contributed by atoms with van der Waals surface area (Å²) in [7, 11) is 0. The molecule has 0 aliphatic carbocycles. The molecule has 3 rings (SSSR count). The fraction of sp³-hybridized carbons (Fsp3) is 0.316. The first-order valence-corrected chi connectivity index (χ1v) is 8.76. The minimum atomic E-state index is -0.272. The van der Waals surface area contributed by atoms with Gasteiger partial charge in [-0.2, -0.15) is 0 Å². The number of halogens is 1. The number of benzene rings is 2. The molecule has 24 heavy (non-hydrogen) atoms. The summed E-state index contributed by atoms with van der Waals surface area (Å²) in [6.07, 6.45) is 3.38. The molecule has 0 amide bonds. The lowest BCUT2D eigenvalue weighted by atomic mass is 10.0. The van der Waals surface area contributed by atoms with Gasteiger partial charge in [0.25, 0.3) is 0 Å². The maximum atomic E-state index is 13.1. The summed E-state index contributed by atoms with van der Waals surface area (Å²) in [5, 5.41) is 6.72. The van der Waals surface area contributed by atoms with Gasteiger partial charge in [-0.05, 0) is 61.3 Å². The van der Waals surface area contributed by atoms with E-state index in [1.54, 1.807) is 12.1 Å². The molecule has 1 aliphatic rings. The largest absolute Gasteiger partial charge is 0.371 e. The third-order valence-electron chi connectivity index (χ3n) is 4.18. The fourth-order valence-electron chi connectivity index (χ4n) is 3.06. The van der Waals surface area contributed by atoms with E-state index in [0.717, 1.165) is 26.1 Å². The Bertz CT molecular complexity index is 705. The Morgan fingerprint density at radius 1 is 1.17 bits per heavy atom. The van der Waals surface area contributed by atoms with Gasteiger partial charge in [-0.15, -0.1) is 0 Å². The summed E-state index contributed by atoms with van der Waals surface area (Å²) < 4.78 is 13.1. The molecular formula is C19H22FN3S. The summed E-state index contributed by atoms with van der Waals surface area (Å²) in [4.78, 5) is 2.45. The first-order valence-electron chi connectivity index (χ1n) is 8.35. The molecule has 0 radical (unpaired) electrons. The van der Waals surface area contributed by atoms with E-state index in [1.165, 1.54) is 36.2 Å². The highest BCUT2D eigenvalue weighted by Gasteiger charge is 2.15. The summed E-state index contributed by atoms with van der Waals surface area (Å²) in [5.41, 5.74) is 3.47. The quantitative estimate of drug-likeness (QED) is 0.635. The highest BCUT2D eigenvalue weighted by molar-refractivity contribution is 7.80. The molecule has 1 aliphatic heterocycles. The van der Waals surface area contributed by atoms with Gasteiger partial charge >= 0.3 is 0 Å². The molecule has 126 valence electrons. The van der Waals surface area contributed by atoms with Crippen LogP contribution in [0.3, 0.4) is 0 Å². The van der Waals surface area contributed by atoms with E-state index in [0.29, 0.717) is 10.8 Å². The van der Waals surface area contributed by atoms with E-state index in [2.05, 4.69) is 39.8 Å². The standard InChI is InChI=1S/C19H22FN3S/c20-16-8-3-9-17(14-16)22-19(24)21-11-5-13-23-12-4-7-15-6-1-2-10-18(15)23/h1-3,6,8-10,14H,4-5,7,11-13H2,(H2,21,22,24). The van der Waals surface area contributed by atoms with Gasteiger partial charge < -0.3 is 15.5 Å². The number of fused-ring (bicyclic) bond motifs is 1. The van der Waals surface area contributed by atoms with Crippen molar-refractivity contribution in [3.63, 3.8) is 0 Å². The molecule has 2 aromatic carbocycles. The number of rotatable bonds is 5. The Morgan fingerprint density at radius 3 is 2.92 bits per heavy atom. The second-order valence-corrected chi connectivity index (χ2v) is 6.37. The fourth-order valence-corrected chi connectivity index (χ4v) is 3.28. The van der Waals surface area contributed by atoms with Crippen LogP contribution in [-0.4, -0.2) is 24.7 Å². The zero-order valence-corrected chi connectivity index (χ0v) is 14.4. The number of hydrogen-bond donors (Lipinski definition) is 2. The molecule has 0 saturated carbocycles. The Morgan fingerprint density at radius 2 is 2.04 bits per heavy atom. The van der Waals surface area contributed by atoms with Gasteiger partial charge in [-0.3, -0.25) is 0 Å². The van der Waals surface area contributed by atoms with Gasteiger partial charge in [-0.1, -0.05) is 24.3 Å². The number of thiocarbonyl (C=S) groups is 1. The minimum Gasteiger partial charge on any atom is -0.371 e. The van der Waals surface area contributed by atoms with Crippen LogP contribution in [0.15, 0.2) is 48.5 Å². The van der Waals surface area contributed by atoms with E-state index >= 15 is 0 Å². The van der Waals surface area contributed by atoms with Crippen LogP contribution in [0, 0.1) is 5.82 Å². The maximum absolute atomic E-state index is 13.1. The molecule has 2 aromatic rings. The van der Waals surface area contributed by atoms with Crippen molar-refractivity contribution in [3.8, 4) is 0 Å². The molecule has 5 heteroatoms. The highest BCUT2D eigenvalue weighted by atomic mass is 32.1. The molecule has 0 bridgehead atoms. The highest BCUT2D eigenvalue weighted by Crippen LogP contribution is 2.26. The number of nitrogens with one attached hydrogen (secondary N) is 2. The van der Waals surface area contributed by atoms with Crippen LogP contribution >= 0.6 is 12.2 Å². The predicted molar refractivity (Wildman–Crippen MR) is 102 cm³/mol. The Hall–Kier alpha value is -2.14. The average molecular weight is 343 g/mol. The number of hydrogen-bond acceptors (Lipinski definition) is 2. The summed E-state index contributed by atoms with van der Waals surface area (Å²) in [5.74, 6) is -0.272. The van der Waals surface area contributed by atoms with Crippen molar-refractivity contribution in [1.29, 1.82) is 0 Å². The zero-order valence-electron chi connectivity index (χ0n) is 13.6. The van der Waals surface area contributed by atoms with Gasteiger partial charge in [-0.25, -0.2) is 4.39 Å². The molecule has 1 heterocycles. The van der Waals surface area contributed by atoms with Crippen LogP contribution in [0.4, 0.5) is 15.8 Å². The van der Waals surface area contributed by atoms with Crippen molar-refractivity contribution in [2.75, 3.05) is 29.9 Å². The molecule has 2 N–H and O–H groups in total. The third-order valence-corrected chi connectivity index (χ3v) is 4.43. The van der Waals surface area contributed by atoms with Crippen molar-refractivity contribution in [2.45, 2.75) is 19.3 Å². The first-order chi connectivity index (χ1) is 11.7. The van der Waals surface area contributed by atoms with Gasteiger partial charge in [0.2, 0.25) is 0 Å². The molecule has 0 saturated heterocycles. The maximum Gasteiger partial charge on any atom is 0.170 e. The molecule has 3 nitrogen and oxygen atoms in total. The van der Waals surface area contributed by atoms with Gasteiger partial charge in [0.05, 0.1) is 0 Å². The van der Waals surface area contributed by atoms with Gasteiger partial charge in [0.1, 0.15) is 5.82 Å². The molecular weight excluding hydrogens is 321 g/mol. The number of nitrogens with zero attached hydrogens (tertiary/aromatic N) is 1. The van der Waals surface area contributed by atoms with Crippen molar-refractivity contribution >= 4 is 28.7 Å². The average Bonchev–Trinajstić information content (AvgIpc) is 2.59.